The molecule has 3 aromatic heterocycles. The molecule has 0 fully saturated rings. The molecule has 0 amide bonds. The number of aryl methyl sites for hydroxylation is 2. The molecule has 0 radical (unpaired) electrons. The van der Waals surface area contributed by atoms with Crippen LogP contribution in [0, 0.1) is 0 Å². The van der Waals surface area contributed by atoms with Crippen molar-refractivity contribution in [2.75, 3.05) is 0 Å². The lowest BCUT2D eigenvalue weighted by Crippen LogP contribution is -2.30. The molecule has 3 heterocycles. The quantitative estimate of drug-likeness (QED) is 0.297. The molecule has 0 spiro atoms. The smallest absolute Gasteiger partial charge is 0.212 e. The van der Waals surface area contributed by atoms with E-state index < -0.39 is 0 Å². The van der Waals surface area contributed by atoms with E-state index in [9.17, 15) is 0 Å². The highest BCUT2D eigenvalue weighted by molar-refractivity contribution is 5.66. The Labute approximate surface area is 197 Å². The first-order valence-electron chi connectivity index (χ1n) is 12.1. The molecule has 0 bridgehead atoms. The minimum absolute atomic E-state index is 0.525. The van der Waals surface area contributed by atoms with Gasteiger partial charge in [-0.05, 0) is 67.0 Å². The molecular formula is C28H34N5+. The van der Waals surface area contributed by atoms with Crippen LogP contribution in [0.25, 0.3) is 28.2 Å². The van der Waals surface area contributed by atoms with Crippen LogP contribution in [0.4, 0.5) is 0 Å². The number of hydrogen-bond acceptors (Lipinski definition) is 3. The van der Waals surface area contributed by atoms with Crippen LogP contribution in [0.15, 0.2) is 67.3 Å². The van der Waals surface area contributed by atoms with Crippen molar-refractivity contribution in [3.63, 3.8) is 0 Å². The lowest BCUT2D eigenvalue weighted by atomic mass is 9.88. The van der Waals surface area contributed by atoms with E-state index in [1.54, 1.807) is 0 Å². The number of aromatic nitrogens is 5. The van der Waals surface area contributed by atoms with Gasteiger partial charge in [0.25, 0.3) is 0 Å². The van der Waals surface area contributed by atoms with E-state index in [1.807, 2.05) is 23.3 Å². The molecule has 0 saturated heterocycles. The minimum atomic E-state index is 0.525. The number of hydrogen-bond donors (Lipinski definition) is 0. The number of benzene rings is 1. The topological polar surface area (TPSA) is 47.5 Å². The maximum atomic E-state index is 4.46. The largest absolute Gasteiger partial charge is 0.264 e. The van der Waals surface area contributed by atoms with Gasteiger partial charge >= 0.3 is 0 Å². The third-order valence-corrected chi connectivity index (χ3v) is 6.46. The number of nitrogens with zero attached hydrogens (tertiary/aromatic N) is 5. The lowest BCUT2D eigenvalue weighted by Gasteiger charge is -2.17. The van der Waals surface area contributed by atoms with Crippen LogP contribution in [0.2, 0.25) is 0 Å². The molecular weight excluding hydrogens is 406 g/mol. The Balaban J connectivity index is 1.73. The predicted octanol–water partition coefficient (Wildman–Crippen LogP) is 6.07. The highest BCUT2D eigenvalue weighted by Crippen LogP contribution is 2.33. The molecule has 33 heavy (non-hydrogen) atoms. The third-order valence-electron chi connectivity index (χ3n) is 6.46. The fourth-order valence-electron chi connectivity index (χ4n) is 4.46. The van der Waals surface area contributed by atoms with Crippen LogP contribution in [0.1, 0.15) is 63.5 Å². The van der Waals surface area contributed by atoms with E-state index in [1.165, 1.54) is 35.2 Å². The molecule has 0 aliphatic rings. The van der Waals surface area contributed by atoms with E-state index in [0.717, 1.165) is 36.2 Å². The van der Waals surface area contributed by atoms with Gasteiger partial charge in [0.2, 0.25) is 5.69 Å². The van der Waals surface area contributed by atoms with Gasteiger partial charge in [-0.15, -0.1) is 5.10 Å². The summed E-state index contributed by atoms with van der Waals surface area (Å²) in [6, 6.07) is 15.2. The standard InChI is InChI=1S/C28H34N5/c1-5-8-11-21-16-23(19-29-18-21)27-20-33(31-30-27)24-13-14-25(22(6-2)7-3)26(17-24)28-12-9-10-15-32(28)4/h9-10,12-20,22H,5-8,11H2,1-4H3/q+1. The molecule has 5 heteroatoms. The van der Waals surface area contributed by atoms with Crippen molar-refractivity contribution in [1.29, 1.82) is 0 Å². The lowest BCUT2D eigenvalue weighted by molar-refractivity contribution is -0.660. The summed E-state index contributed by atoms with van der Waals surface area (Å²) in [5, 5.41) is 8.92. The zero-order chi connectivity index (χ0) is 23.2. The van der Waals surface area contributed by atoms with Crippen molar-refractivity contribution in [2.24, 2.45) is 7.05 Å². The van der Waals surface area contributed by atoms with E-state index in [0.29, 0.717) is 5.92 Å². The van der Waals surface area contributed by atoms with Crippen molar-refractivity contribution >= 4 is 0 Å². The van der Waals surface area contributed by atoms with Crippen LogP contribution in [0.5, 0.6) is 0 Å². The van der Waals surface area contributed by atoms with Gasteiger partial charge in [-0.25, -0.2) is 9.25 Å². The summed E-state index contributed by atoms with van der Waals surface area (Å²) >= 11 is 0. The Hall–Kier alpha value is -3.34. The van der Waals surface area contributed by atoms with Crippen LogP contribution in [-0.2, 0) is 13.5 Å². The molecule has 0 unspecified atom stereocenters. The Kier molecular flexibility index (Phi) is 7.28. The third kappa shape index (κ3) is 5.03. The maximum absolute atomic E-state index is 4.46. The first-order valence-corrected chi connectivity index (χ1v) is 12.1. The summed E-state index contributed by atoms with van der Waals surface area (Å²) in [6.07, 6.45) is 13.5. The molecule has 0 N–H and O–H groups in total. The van der Waals surface area contributed by atoms with Crippen molar-refractivity contribution in [3.05, 3.63) is 78.4 Å². The molecule has 170 valence electrons. The fourth-order valence-corrected chi connectivity index (χ4v) is 4.46. The second-order valence-corrected chi connectivity index (χ2v) is 8.72. The van der Waals surface area contributed by atoms with Gasteiger partial charge in [0, 0.05) is 30.1 Å². The average molecular weight is 441 g/mol. The van der Waals surface area contributed by atoms with Gasteiger partial charge < -0.3 is 0 Å². The molecule has 0 saturated carbocycles. The van der Waals surface area contributed by atoms with Gasteiger partial charge in [0.05, 0.1) is 17.4 Å². The van der Waals surface area contributed by atoms with Gasteiger partial charge in [0.15, 0.2) is 6.20 Å². The van der Waals surface area contributed by atoms with Crippen molar-refractivity contribution in [2.45, 2.75) is 58.8 Å². The molecule has 4 rings (SSSR count). The van der Waals surface area contributed by atoms with Crippen molar-refractivity contribution in [1.82, 2.24) is 20.0 Å². The van der Waals surface area contributed by atoms with E-state index in [-0.39, 0.29) is 0 Å². The van der Waals surface area contributed by atoms with Gasteiger partial charge in [-0.3, -0.25) is 4.98 Å². The summed E-state index contributed by atoms with van der Waals surface area (Å²) in [5.74, 6) is 0.525. The van der Waals surface area contributed by atoms with Gasteiger partial charge in [0.1, 0.15) is 12.7 Å². The molecule has 1 aromatic carbocycles. The van der Waals surface area contributed by atoms with Crippen molar-refractivity contribution in [3.8, 4) is 28.2 Å². The van der Waals surface area contributed by atoms with Gasteiger partial charge in [-0.1, -0.05) is 38.5 Å². The fraction of sp³-hybridized carbons (Fsp3) is 0.357. The Morgan fingerprint density at radius 2 is 1.85 bits per heavy atom. The molecule has 5 nitrogen and oxygen atoms in total. The minimum Gasteiger partial charge on any atom is -0.264 e. The zero-order valence-electron chi connectivity index (χ0n) is 20.2. The first-order chi connectivity index (χ1) is 16.1. The van der Waals surface area contributed by atoms with Crippen LogP contribution >= 0.6 is 0 Å². The molecule has 0 aliphatic heterocycles. The maximum Gasteiger partial charge on any atom is 0.212 e. The Morgan fingerprint density at radius 3 is 2.61 bits per heavy atom. The highest BCUT2D eigenvalue weighted by Gasteiger charge is 2.20. The van der Waals surface area contributed by atoms with Crippen LogP contribution in [-0.4, -0.2) is 20.0 Å². The van der Waals surface area contributed by atoms with Crippen LogP contribution in [0.3, 0.4) is 0 Å². The Morgan fingerprint density at radius 1 is 1.00 bits per heavy atom. The number of pyridine rings is 2. The Bertz CT molecular complexity index is 1210. The van der Waals surface area contributed by atoms with Crippen molar-refractivity contribution < 1.29 is 4.57 Å². The van der Waals surface area contributed by atoms with Gasteiger partial charge in [-0.2, -0.15) is 0 Å². The first kappa shape index (κ1) is 22.8. The monoisotopic (exact) mass is 440 g/mol. The second-order valence-electron chi connectivity index (χ2n) is 8.72. The zero-order valence-corrected chi connectivity index (χ0v) is 20.2. The number of rotatable bonds is 9. The van der Waals surface area contributed by atoms with E-state index in [2.05, 4.69) is 96.3 Å². The molecule has 0 aliphatic carbocycles. The predicted molar refractivity (Wildman–Crippen MR) is 133 cm³/mol. The summed E-state index contributed by atoms with van der Waals surface area (Å²) in [6.45, 7) is 6.74. The number of unbranched alkanes of at least 4 members (excludes halogenated alkanes) is 1. The van der Waals surface area contributed by atoms with E-state index >= 15 is 0 Å². The summed E-state index contributed by atoms with van der Waals surface area (Å²) < 4.78 is 4.06. The summed E-state index contributed by atoms with van der Waals surface area (Å²) in [4.78, 5) is 4.43. The highest BCUT2D eigenvalue weighted by atomic mass is 15.4. The average Bonchev–Trinajstić information content (AvgIpc) is 3.35. The molecule has 0 atom stereocenters. The second kappa shape index (κ2) is 10.5. The van der Waals surface area contributed by atoms with Crippen LogP contribution < -0.4 is 4.57 Å². The summed E-state index contributed by atoms with van der Waals surface area (Å²) in [5.41, 5.74) is 7.96. The normalized spacial score (nSPS) is 11.3. The SMILES string of the molecule is CCCCc1cncc(-c2cn(-c3ccc(C(CC)CC)c(-c4cccc[n+]4C)c3)nn2)c1. The van der Waals surface area contributed by atoms with E-state index in [4.69, 9.17) is 0 Å². The molecule has 4 aromatic rings. The summed E-state index contributed by atoms with van der Waals surface area (Å²) in [7, 11) is 2.10.